The van der Waals surface area contributed by atoms with Gasteiger partial charge in [0.15, 0.2) is 0 Å². The van der Waals surface area contributed by atoms with Gasteiger partial charge in [-0.25, -0.2) is 4.98 Å². The number of methoxy groups -OCH3 is 1. The molecule has 0 fully saturated rings. The van der Waals surface area contributed by atoms with Crippen LogP contribution in [0.5, 0.6) is 0 Å². The second kappa shape index (κ2) is 3.54. The van der Waals surface area contributed by atoms with Crippen molar-refractivity contribution in [3.05, 3.63) is 16.1 Å². The average Bonchev–Trinajstić information content (AvgIpc) is 2.51. The number of hydrogen-bond acceptors (Lipinski definition) is 3. The van der Waals surface area contributed by atoms with Gasteiger partial charge in [-0.1, -0.05) is 6.92 Å². The molecule has 2 nitrogen and oxygen atoms in total. The molecule has 1 rings (SSSR count). The highest BCUT2D eigenvalue weighted by molar-refractivity contribution is 7.09. The van der Waals surface area contributed by atoms with Crippen LogP contribution in [-0.4, -0.2) is 12.1 Å². The summed E-state index contributed by atoms with van der Waals surface area (Å²) in [6.07, 6.45) is 0.955. The number of ether oxygens (including phenoxy) is 1. The van der Waals surface area contributed by atoms with Crippen LogP contribution >= 0.6 is 11.3 Å². The van der Waals surface area contributed by atoms with Crippen LogP contribution in [0.1, 0.15) is 31.0 Å². The van der Waals surface area contributed by atoms with E-state index < -0.39 is 0 Å². The van der Waals surface area contributed by atoms with Crippen LogP contribution in [0.15, 0.2) is 5.38 Å². The molecule has 1 aromatic heterocycles. The molecular weight excluding hydrogens is 170 g/mol. The number of nitrogens with zero attached hydrogens (tertiary/aromatic N) is 1. The van der Waals surface area contributed by atoms with Crippen LogP contribution in [0.4, 0.5) is 0 Å². The first kappa shape index (κ1) is 9.68. The van der Waals surface area contributed by atoms with Gasteiger partial charge in [0, 0.05) is 18.2 Å². The molecular formula is C9H15NOS. The van der Waals surface area contributed by atoms with Gasteiger partial charge in [0.2, 0.25) is 0 Å². The van der Waals surface area contributed by atoms with Crippen LogP contribution in [0.2, 0.25) is 0 Å². The fourth-order valence-electron chi connectivity index (χ4n) is 0.980. The van der Waals surface area contributed by atoms with Crippen molar-refractivity contribution in [2.24, 2.45) is 0 Å². The zero-order chi connectivity index (χ0) is 9.19. The molecule has 0 N–H and O–H groups in total. The molecule has 0 amide bonds. The summed E-state index contributed by atoms with van der Waals surface area (Å²) in [4.78, 5) is 4.42. The monoisotopic (exact) mass is 185 g/mol. The molecule has 1 unspecified atom stereocenters. The van der Waals surface area contributed by atoms with Crippen LogP contribution in [0.25, 0.3) is 0 Å². The zero-order valence-corrected chi connectivity index (χ0v) is 8.86. The van der Waals surface area contributed by atoms with Gasteiger partial charge in [0.05, 0.1) is 0 Å². The Labute approximate surface area is 77.6 Å². The van der Waals surface area contributed by atoms with Crippen molar-refractivity contribution >= 4 is 11.3 Å². The minimum atomic E-state index is -0.196. The highest BCUT2D eigenvalue weighted by Gasteiger charge is 2.26. The van der Waals surface area contributed by atoms with Gasteiger partial charge in [0.25, 0.3) is 0 Å². The Morgan fingerprint density at radius 1 is 1.67 bits per heavy atom. The zero-order valence-electron chi connectivity index (χ0n) is 8.05. The van der Waals surface area contributed by atoms with E-state index in [1.165, 1.54) is 0 Å². The summed E-state index contributed by atoms with van der Waals surface area (Å²) in [5.41, 5.74) is 0.880. The minimum absolute atomic E-state index is 0.196. The lowest BCUT2D eigenvalue weighted by atomic mass is 10.1. The van der Waals surface area contributed by atoms with E-state index in [1.54, 1.807) is 18.4 Å². The van der Waals surface area contributed by atoms with Crippen molar-refractivity contribution in [2.45, 2.75) is 32.8 Å². The molecule has 1 atom stereocenters. The predicted molar refractivity (Wildman–Crippen MR) is 51.5 cm³/mol. The maximum Gasteiger partial charge on any atom is 0.125 e. The first-order chi connectivity index (χ1) is 5.62. The maximum atomic E-state index is 5.43. The second-order valence-electron chi connectivity index (χ2n) is 3.08. The van der Waals surface area contributed by atoms with E-state index in [-0.39, 0.29) is 5.60 Å². The molecule has 0 saturated heterocycles. The molecule has 68 valence electrons. The standard InChI is InChI=1S/C9H15NOS/c1-5-9(3,11-4)8-10-7(2)6-12-8/h6H,5H2,1-4H3. The van der Waals surface area contributed by atoms with Gasteiger partial charge in [-0.3, -0.25) is 0 Å². The van der Waals surface area contributed by atoms with Gasteiger partial charge >= 0.3 is 0 Å². The van der Waals surface area contributed by atoms with E-state index in [2.05, 4.69) is 24.2 Å². The Bertz CT molecular complexity index is 253. The van der Waals surface area contributed by atoms with Crippen LogP contribution in [-0.2, 0) is 10.3 Å². The van der Waals surface area contributed by atoms with Gasteiger partial charge in [0.1, 0.15) is 10.6 Å². The largest absolute Gasteiger partial charge is 0.371 e. The van der Waals surface area contributed by atoms with Crippen molar-refractivity contribution in [1.29, 1.82) is 0 Å². The Kier molecular flexibility index (Phi) is 2.85. The van der Waals surface area contributed by atoms with E-state index in [0.29, 0.717) is 0 Å². The third-order valence-electron chi connectivity index (χ3n) is 2.20. The molecule has 1 heterocycles. The van der Waals surface area contributed by atoms with Gasteiger partial charge in [-0.05, 0) is 20.3 Å². The second-order valence-corrected chi connectivity index (χ2v) is 3.94. The fourth-order valence-corrected chi connectivity index (χ4v) is 1.99. The van der Waals surface area contributed by atoms with Crippen molar-refractivity contribution in [1.82, 2.24) is 4.98 Å². The van der Waals surface area contributed by atoms with E-state index in [4.69, 9.17) is 4.74 Å². The first-order valence-corrected chi connectivity index (χ1v) is 4.98. The highest BCUT2D eigenvalue weighted by atomic mass is 32.1. The molecule has 3 heteroatoms. The predicted octanol–water partition coefficient (Wildman–Crippen LogP) is 2.72. The summed E-state index contributed by atoms with van der Waals surface area (Å²) in [5.74, 6) is 0. The van der Waals surface area contributed by atoms with Crippen molar-refractivity contribution in [3.63, 3.8) is 0 Å². The molecule has 1 aromatic rings. The van der Waals surface area contributed by atoms with Crippen LogP contribution in [0.3, 0.4) is 0 Å². The molecule has 0 bridgehead atoms. The van der Waals surface area contributed by atoms with E-state index in [9.17, 15) is 0 Å². The van der Waals surface area contributed by atoms with E-state index in [1.807, 2.05) is 6.92 Å². The normalized spacial score (nSPS) is 16.0. The molecule has 12 heavy (non-hydrogen) atoms. The van der Waals surface area contributed by atoms with Gasteiger partial charge in [-0.15, -0.1) is 11.3 Å². The SMILES string of the molecule is CCC(C)(OC)c1nc(C)cs1. The van der Waals surface area contributed by atoms with Crippen LogP contribution < -0.4 is 0 Å². The molecule has 0 aliphatic carbocycles. The quantitative estimate of drug-likeness (QED) is 0.722. The Morgan fingerprint density at radius 3 is 2.67 bits per heavy atom. The van der Waals surface area contributed by atoms with Crippen LogP contribution in [0, 0.1) is 6.92 Å². The molecule has 0 aromatic carbocycles. The molecule has 0 spiro atoms. The lowest BCUT2D eigenvalue weighted by molar-refractivity contribution is -0.00163. The summed E-state index contributed by atoms with van der Waals surface area (Å²) < 4.78 is 5.43. The lowest BCUT2D eigenvalue weighted by Crippen LogP contribution is -2.22. The van der Waals surface area contributed by atoms with Crippen molar-refractivity contribution in [2.75, 3.05) is 7.11 Å². The third kappa shape index (κ3) is 1.67. The number of rotatable bonds is 3. The van der Waals surface area contributed by atoms with Crippen molar-refractivity contribution in [3.8, 4) is 0 Å². The fraction of sp³-hybridized carbons (Fsp3) is 0.667. The summed E-state index contributed by atoms with van der Waals surface area (Å²) in [6.45, 7) is 6.19. The summed E-state index contributed by atoms with van der Waals surface area (Å²) in [6, 6.07) is 0. The Hall–Kier alpha value is -0.410. The Morgan fingerprint density at radius 2 is 2.33 bits per heavy atom. The van der Waals surface area contributed by atoms with Gasteiger partial charge < -0.3 is 4.74 Å². The number of thiazole rings is 1. The third-order valence-corrected chi connectivity index (χ3v) is 3.40. The summed E-state index contributed by atoms with van der Waals surface area (Å²) in [7, 11) is 1.74. The molecule has 0 aliphatic rings. The molecule has 0 saturated carbocycles. The van der Waals surface area contributed by atoms with E-state index >= 15 is 0 Å². The molecule has 0 aliphatic heterocycles. The van der Waals surface area contributed by atoms with Gasteiger partial charge in [-0.2, -0.15) is 0 Å². The summed E-state index contributed by atoms with van der Waals surface area (Å²) in [5, 5.41) is 3.13. The topological polar surface area (TPSA) is 22.1 Å². The highest BCUT2D eigenvalue weighted by Crippen LogP contribution is 2.30. The first-order valence-electron chi connectivity index (χ1n) is 4.10. The minimum Gasteiger partial charge on any atom is -0.371 e. The maximum absolute atomic E-state index is 5.43. The number of aryl methyl sites for hydroxylation is 1. The number of aromatic nitrogens is 1. The Balaban J connectivity index is 2.94. The smallest absolute Gasteiger partial charge is 0.125 e. The van der Waals surface area contributed by atoms with Crippen molar-refractivity contribution < 1.29 is 4.74 Å². The lowest BCUT2D eigenvalue weighted by Gasteiger charge is -2.23. The molecule has 0 radical (unpaired) electrons. The number of hydrogen-bond donors (Lipinski definition) is 0. The average molecular weight is 185 g/mol. The summed E-state index contributed by atoms with van der Waals surface area (Å²) >= 11 is 1.67. The van der Waals surface area contributed by atoms with E-state index in [0.717, 1.165) is 17.1 Å².